The minimum atomic E-state index is -0.194. The maximum atomic E-state index is 13.0. The first-order valence-corrected chi connectivity index (χ1v) is 10.1. The summed E-state index contributed by atoms with van der Waals surface area (Å²) in [6, 6.07) is 11.3. The van der Waals surface area contributed by atoms with Crippen molar-refractivity contribution in [1.82, 2.24) is 19.7 Å². The molecule has 8 heteroatoms. The summed E-state index contributed by atoms with van der Waals surface area (Å²) in [5, 5.41) is 7.46. The molecule has 2 aliphatic heterocycles. The lowest BCUT2D eigenvalue weighted by molar-refractivity contribution is -0.120. The van der Waals surface area contributed by atoms with E-state index in [1.165, 1.54) is 0 Å². The van der Waals surface area contributed by atoms with Gasteiger partial charge in [-0.05, 0) is 37.6 Å². The van der Waals surface area contributed by atoms with E-state index in [1.54, 1.807) is 16.9 Å². The number of carbonyl (C=O) groups is 1. The SMILES string of the molecule is Cn1ccc(-c2ccc(NC(=O)C3CCCN3Cc3nccc4c3OCO4)cc2)n1. The fourth-order valence-electron chi connectivity index (χ4n) is 4.03. The third-order valence-electron chi connectivity index (χ3n) is 5.54. The molecule has 1 saturated heterocycles. The number of aromatic nitrogens is 3. The van der Waals surface area contributed by atoms with Crippen LogP contribution in [0, 0.1) is 0 Å². The van der Waals surface area contributed by atoms with Crippen LogP contribution < -0.4 is 14.8 Å². The van der Waals surface area contributed by atoms with Gasteiger partial charge in [0.15, 0.2) is 11.5 Å². The molecule has 1 atom stereocenters. The molecular weight excluding hydrogens is 382 g/mol. The van der Waals surface area contributed by atoms with Crippen molar-refractivity contribution in [3.8, 4) is 22.8 Å². The van der Waals surface area contributed by atoms with E-state index >= 15 is 0 Å². The number of hydrogen-bond acceptors (Lipinski definition) is 6. The number of anilines is 1. The van der Waals surface area contributed by atoms with Crippen LogP contribution in [-0.2, 0) is 18.4 Å². The molecule has 1 aromatic carbocycles. The van der Waals surface area contributed by atoms with Gasteiger partial charge in [-0.2, -0.15) is 5.10 Å². The normalized spacial score (nSPS) is 18.0. The largest absolute Gasteiger partial charge is 0.453 e. The molecule has 3 aromatic rings. The molecule has 1 amide bonds. The second-order valence-electron chi connectivity index (χ2n) is 7.56. The van der Waals surface area contributed by atoms with Crippen molar-refractivity contribution in [2.45, 2.75) is 25.4 Å². The average Bonchev–Trinajstić information content (AvgIpc) is 3.49. The number of ether oxygens (including phenoxy) is 2. The smallest absolute Gasteiger partial charge is 0.241 e. The average molecular weight is 405 g/mol. The fourth-order valence-corrected chi connectivity index (χ4v) is 4.03. The minimum Gasteiger partial charge on any atom is -0.453 e. The maximum absolute atomic E-state index is 13.0. The lowest BCUT2D eigenvalue weighted by atomic mass is 10.1. The molecule has 4 heterocycles. The third kappa shape index (κ3) is 3.61. The fraction of sp³-hybridized carbons (Fsp3) is 0.318. The Hall–Kier alpha value is -3.39. The highest BCUT2D eigenvalue weighted by Crippen LogP contribution is 2.35. The van der Waals surface area contributed by atoms with Crippen LogP contribution in [0.1, 0.15) is 18.5 Å². The number of aryl methyl sites for hydroxylation is 1. The number of amides is 1. The van der Waals surface area contributed by atoms with Gasteiger partial charge in [0, 0.05) is 43.3 Å². The third-order valence-corrected chi connectivity index (χ3v) is 5.54. The van der Waals surface area contributed by atoms with Crippen LogP contribution in [0.15, 0.2) is 48.8 Å². The Kier molecular flexibility index (Phi) is 4.84. The Bertz CT molecular complexity index is 1060. The van der Waals surface area contributed by atoms with Gasteiger partial charge >= 0.3 is 0 Å². The minimum absolute atomic E-state index is 0.00262. The Morgan fingerprint density at radius 2 is 2.07 bits per heavy atom. The molecule has 2 aromatic heterocycles. The summed E-state index contributed by atoms with van der Waals surface area (Å²) >= 11 is 0. The van der Waals surface area contributed by atoms with Crippen molar-refractivity contribution in [1.29, 1.82) is 0 Å². The summed E-state index contributed by atoms with van der Waals surface area (Å²) in [6.45, 7) is 1.62. The van der Waals surface area contributed by atoms with E-state index in [1.807, 2.05) is 43.6 Å². The van der Waals surface area contributed by atoms with Crippen molar-refractivity contribution < 1.29 is 14.3 Å². The van der Waals surface area contributed by atoms with E-state index in [9.17, 15) is 4.79 Å². The molecule has 1 fully saturated rings. The van der Waals surface area contributed by atoms with Crippen LogP contribution in [-0.4, -0.2) is 45.0 Å². The zero-order valence-electron chi connectivity index (χ0n) is 16.7. The van der Waals surface area contributed by atoms with Crippen molar-refractivity contribution in [2.75, 3.05) is 18.7 Å². The first-order chi connectivity index (χ1) is 14.7. The van der Waals surface area contributed by atoms with Crippen LogP contribution in [0.4, 0.5) is 5.69 Å². The topological polar surface area (TPSA) is 81.5 Å². The number of nitrogens with zero attached hydrogens (tertiary/aromatic N) is 4. The molecule has 8 nitrogen and oxygen atoms in total. The summed E-state index contributed by atoms with van der Waals surface area (Å²) in [7, 11) is 1.89. The quantitative estimate of drug-likeness (QED) is 0.703. The summed E-state index contributed by atoms with van der Waals surface area (Å²) in [5.41, 5.74) is 3.51. The molecule has 1 N–H and O–H groups in total. The van der Waals surface area contributed by atoms with Gasteiger partial charge in [-0.15, -0.1) is 0 Å². The number of nitrogens with one attached hydrogen (secondary N) is 1. The second-order valence-corrected chi connectivity index (χ2v) is 7.56. The van der Waals surface area contributed by atoms with Crippen molar-refractivity contribution >= 4 is 11.6 Å². The van der Waals surface area contributed by atoms with Crippen LogP contribution in [0.25, 0.3) is 11.3 Å². The Labute approximate surface area is 174 Å². The molecule has 0 aliphatic carbocycles. The van der Waals surface area contributed by atoms with E-state index < -0.39 is 0 Å². The van der Waals surface area contributed by atoms with Gasteiger partial charge in [-0.1, -0.05) is 12.1 Å². The zero-order chi connectivity index (χ0) is 20.5. The summed E-state index contributed by atoms with van der Waals surface area (Å²) in [6.07, 6.45) is 5.43. The number of pyridine rings is 1. The zero-order valence-corrected chi connectivity index (χ0v) is 16.7. The molecule has 5 rings (SSSR count). The van der Waals surface area contributed by atoms with Crippen molar-refractivity contribution in [3.05, 3.63) is 54.5 Å². The van der Waals surface area contributed by atoms with Gasteiger partial charge in [0.25, 0.3) is 0 Å². The lowest BCUT2D eigenvalue weighted by Crippen LogP contribution is -2.39. The predicted molar refractivity (Wildman–Crippen MR) is 111 cm³/mol. The van der Waals surface area contributed by atoms with Gasteiger partial charge in [0.2, 0.25) is 12.7 Å². The summed E-state index contributed by atoms with van der Waals surface area (Å²) in [4.78, 5) is 19.6. The van der Waals surface area contributed by atoms with E-state index in [0.29, 0.717) is 18.0 Å². The first kappa shape index (κ1) is 18.6. The Morgan fingerprint density at radius 1 is 1.20 bits per heavy atom. The first-order valence-electron chi connectivity index (χ1n) is 10.1. The Morgan fingerprint density at radius 3 is 2.87 bits per heavy atom. The highest BCUT2D eigenvalue weighted by Gasteiger charge is 2.32. The summed E-state index contributed by atoms with van der Waals surface area (Å²) < 4.78 is 12.8. The molecule has 30 heavy (non-hydrogen) atoms. The Balaban J connectivity index is 1.26. The highest BCUT2D eigenvalue weighted by molar-refractivity contribution is 5.95. The number of rotatable bonds is 5. The van der Waals surface area contributed by atoms with Gasteiger partial charge in [-0.3, -0.25) is 19.4 Å². The molecule has 1 unspecified atom stereocenters. The highest BCUT2D eigenvalue weighted by atomic mass is 16.7. The van der Waals surface area contributed by atoms with Crippen LogP contribution in [0.2, 0.25) is 0 Å². The molecule has 0 saturated carbocycles. The maximum Gasteiger partial charge on any atom is 0.241 e. The van der Waals surface area contributed by atoms with E-state index in [2.05, 4.69) is 20.3 Å². The van der Waals surface area contributed by atoms with E-state index in [-0.39, 0.29) is 18.7 Å². The van der Waals surface area contributed by atoms with Crippen LogP contribution in [0.3, 0.4) is 0 Å². The van der Waals surface area contributed by atoms with Crippen LogP contribution in [0.5, 0.6) is 11.5 Å². The monoisotopic (exact) mass is 405 g/mol. The molecular formula is C22H23N5O3. The van der Waals surface area contributed by atoms with E-state index in [0.717, 1.165) is 42.0 Å². The lowest BCUT2D eigenvalue weighted by Gasteiger charge is -2.23. The molecule has 154 valence electrons. The van der Waals surface area contributed by atoms with Crippen LogP contribution >= 0.6 is 0 Å². The van der Waals surface area contributed by atoms with Gasteiger partial charge in [-0.25, -0.2) is 0 Å². The van der Waals surface area contributed by atoms with Gasteiger partial charge < -0.3 is 14.8 Å². The molecule has 0 spiro atoms. The van der Waals surface area contributed by atoms with Gasteiger partial charge in [0.1, 0.15) is 5.69 Å². The van der Waals surface area contributed by atoms with Crippen molar-refractivity contribution in [3.63, 3.8) is 0 Å². The number of carbonyl (C=O) groups excluding carboxylic acids is 1. The standard InChI is InChI=1S/C22H23N5O3/c1-26-12-9-17(25-26)15-4-6-16(7-5-15)24-22(28)19-3-2-11-27(19)13-18-21-20(8-10-23-18)29-14-30-21/h4-10,12,19H,2-3,11,13-14H2,1H3,(H,24,28). The predicted octanol–water partition coefficient (Wildman–Crippen LogP) is 2.81. The molecule has 2 aliphatic rings. The molecule has 0 radical (unpaired) electrons. The number of likely N-dealkylation sites (tertiary alicyclic amines) is 1. The van der Waals surface area contributed by atoms with E-state index in [4.69, 9.17) is 9.47 Å². The number of fused-ring (bicyclic) bond motifs is 1. The molecule has 0 bridgehead atoms. The van der Waals surface area contributed by atoms with Crippen molar-refractivity contribution in [2.24, 2.45) is 7.05 Å². The number of hydrogen-bond donors (Lipinski definition) is 1. The van der Waals surface area contributed by atoms with Gasteiger partial charge in [0.05, 0.1) is 11.7 Å². The second kappa shape index (κ2) is 7.79. The summed E-state index contributed by atoms with van der Waals surface area (Å²) in [5.74, 6) is 1.41. The number of benzene rings is 1.